The molecule has 2 rings (SSSR count). The molecule has 1 heterocycles. The third kappa shape index (κ3) is 3.41. The second-order valence-electron chi connectivity index (χ2n) is 4.44. The van der Waals surface area contributed by atoms with E-state index in [2.05, 4.69) is 0 Å². The molecule has 0 amide bonds. The molecule has 19 heavy (non-hydrogen) atoms. The van der Waals surface area contributed by atoms with Crippen LogP contribution in [0.5, 0.6) is 0 Å². The Kier molecular flexibility index (Phi) is 4.31. The maximum absolute atomic E-state index is 13.5. The van der Waals surface area contributed by atoms with Gasteiger partial charge in [-0.25, -0.2) is 13.6 Å². The molecule has 1 unspecified atom stereocenters. The number of anilines is 1. The Morgan fingerprint density at radius 3 is 2.84 bits per heavy atom. The van der Waals surface area contributed by atoms with Crippen LogP contribution in [0.4, 0.5) is 14.5 Å². The largest absolute Gasteiger partial charge is 0.459 e. The molecule has 1 atom stereocenters. The summed E-state index contributed by atoms with van der Waals surface area (Å²) in [4.78, 5) is 11.6. The number of hydrogen-bond acceptors (Lipinski definition) is 4. The van der Waals surface area contributed by atoms with Gasteiger partial charge in [-0.05, 0) is 25.3 Å². The van der Waals surface area contributed by atoms with Crippen molar-refractivity contribution in [2.75, 3.05) is 18.9 Å². The SMILES string of the molecule is Nc1cc(F)c(C(=O)OCC2CCCCO2)cc1F. The predicted octanol–water partition coefficient (Wildman–Crippen LogP) is 2.27. The fourth-order valence-electron chi connectivity index (χ4n) is 1.90. The molecule has 0 saturated carbocycles. The Morgan fingerprint density at radius 2 is 2.16 bits per heavy atom. The summed E-state index contributed by atoms with van der Waals surface area (Å²) in [5.41, 5.74) is 4.39. The highest BCUT2D eigenvalue weighted by Gasteiger charge is 2.20. The van der Waals surface area contributed by atoms with Crippen molar-refractivity contribution in [1.29, 1.82) is 0 Å². The van der Waals surface area contributed by atoms with Gasteiger partial charge in [-0.2, -0.15) is 0 Å². The molecule has 1 aliphatic rings. The van der Waals surface area contributed by atoms with Gasteiger partial charge in [0.2, 0.25) is 0 Å². The van der Waals surface area contributed by atoms with Gasteiger partial charge >= 0.3 is 5.97 Å². The monoisotopic (exact) mass is 271 g/mol. The van der Waals surface area contributed by atoms with Gasteiger partial charge in [0.25, 0.3) is 0 Å². The number of hydrogen-bond donors (Lipinski definition) is 1. The van der Waals surface area contributed by atoms with E-state index in [0.717, 1.165) is 31.4 Å². The summed E-state index contributed by atoms with van der Waals surface area (Å²) in [5, 5.41) is 0. The summed E-state index contributed by atoms with van der Waals surface area (Å²) in [5.74, 6) is -2.65. The molecule has 1 aromatic carbocycles. The van der Waals surface area contributed by atoms with Crippen LogP contribution in [-0.4, -0.2) is 25.3 Å². The van der Waals surface area contributed by atoms with Crippen molar-refractivity contribution in [3.8, 4) is 0 Å². The Morgan fingerprint density at radius 1 is 1.37 bits per heavy atom. The zero-order chi connectivity index (χ0) is 13.8. The van der Waals surface area contributed by atoms with E-state index in [1.807, 2.05) is 0 Å². The van der Waals surface area contributed by atoms with Crippen LogP contribution in [0, 0.1) is 11.6 Å². The predicted molar refractivity (Wildman–Crippen MR) is 64.6 cm³/mol. The lowest BCUT2D eigenvalue weighted by Crippen LogP contribution is -2.26. The quantitative estimate of drug-likeness (QED) is 0.676. The van der Waals surface area contributed by atoms with Gasteiger partial charge in [-0.15, -0.1) is 0 Å². The Hall–Kier alpha value is -1.69. The average Bonchev–Trinajstić information content (AvgIpc) is 2.41. The summed E-state index contributed by atoms with van der Waals surface area (Å²) < 4.78 is 37.0. The number of ether oxygens (including phenoxy) is 2. The molecule has 0 radical (unpaired) electrons. The molecular formula is C13H15F2NO3. The van der Waals surface area contributed by atoms with E-state index in [1.165, 1.54) is 0 Å². The van der Waals surface area contributed by atoms with Crippen LogP contribution in [0.1, 0.15) is 29.6 Å². The first kappa shape index (κ1) is 13.7. The number of esters is 1. The van der Waals surface area contributed by atoms with Crippen LogP contribution in [0.25, 0.3) is 0 Å². The smallest absolute Gasteiger partial charge is 0.341 e. The molecule has 1 fully saturated rings. The Labute approximate surface area is 109 Å². The highest BCUT2D eigenvalue weighted by molar-refractivity contribution is 5.90. The van der Waals surface area contributed by atoms with Crippen molar-refractivity contribution in [3.63, 3.8) is 0 Å². The number of carbonyl (C=O) groups is 1. The zero-order valence-corrected chi connectivity index (χ0v) is 10.3. The maximum Gasteiger partial charge on any atom is 0.341 e. The van der Waals surface area contributed by atoms with Crippen LogP contribution in [-0.2, 0) is 9.47 Å². The normalized spacial score (nSPS) is 19.2. The Balaban J connectivity index is 1.97. The summed E-state index contributed by atoms with van der Waals surface area (Å²) in [6, 6.07) is 1.51. The van der Waals surface area contributed by atoms with Gasteiger partial charge in [0, 0.05) is 12.7 Å². The van der Waals surface area contributed by atoms with Gasteiger partial charge in [-0.1, -0.05) is 0 Å². The molecule has 0 spiro atoms. The molecule has 2 N–H and O–H groups in total. The van der Waals surface area contributed by atoms with Gasteiger partial charge < -0.3 is 15.2 Å². The molecule has 104 valence electrons. The number of benzene rings is 1. The first-order valence-electron chi connectivity index (χ1n) is 6.11. The van der Waals surface area contributed by atoms with E-state index in [4.69, 9.17) is 15.2 Å². The fourth-order valence-corrected chi connectivity index (χ4v) is 1.90. The van der Waals surface area contributed by atoms with E-state index in [9.17, 15) is 13.6 Å². The first-order valence-corrected chi connectivity index (χ1v) is 6.11. The number of halogens is 2. The topological polar surface area (TPSA) is 61.6 Å². The van der Waals surface area contributed by atoms with E-state index in [1.54, 1.807) is 0 Å². The number of rotatable bonds is 3. The van der Waals surface area contributed by atoms with Crippen LogP contribution >= 0.6 is 0 Å². The molecule has 1 aliphatic heterocycles. The van der Waals surface area contributed by atoms with Gasteiger partial charge in [0.15, 0.2) is 0 Å². The maximum atomic E-state index is 13.5. The summed E-state index contributed by atoms with van der Waals surface area (Å²) in [6.07, 6.45) is 2.63. The minimum absolute atomic E-state index is 0.0459. The lowest BCUT2D eigenvalue weighted by atomic mass is 10.1. The summed E-state index contributed by atoms with van der Waals surface area (Å²) in [6.45, 7) is 0.678. The van der Waals surface area contributed by atoms with Crippen LogP contribution in [0.3, 0.4) is 0 Å². The van der Waals surface area contributed by atoms with E-state index >= 15 is 0 Å². The first-order chi connectivity index (χ1) is 9.08. The highest BCUT2D eigenvalue weighted by Crippen LogP contribution is 2.18. The highest BCUT2D eigenvalue weighted by atomic mass is 19.1. The van der Waals surface area contributed by atoms with Crippen molar-refractivity contribution >= 4 is 11.7 Å². The van der Waals surface area contributed by atoms with Gasteiger partial charge in [-0.3, -0.25) is 0 Å². The second-order valence-corrected chi connectivity index (χ2v) is 4.44. The summed E-state index contributed by atoms with van der Waals surface area (Å²) in [7, 11) is 0. The molecule has 4 nitrogen and oxygen atoms in total. The van der Waals surface area contributed by atoms with E-state index < -0.39 is 23.2 Å². The molecular weight excluding hydrogens is 256 g/mol. The van der Waals surface area contributed by atoms with Gasteiger partial charge in [0.05, 0.1) is 17.4 Å². The van der Waals surface area contributed by atoms with E-state index in [0.29, 0.717) is 6.61 Å². The fraction of sp³-hybridized carbons (Fsp3) is 0.462. The molecule has 1 aromatic rings. The molecule has 0 aromatic heterocycles. The molecule has 0 bridgehead atoms. The Bertz CT molecular complexity index is 473. The van der Waals surface area contributed by atoms with Crippen molar-refractivity contribution in [2.45, 2.75) is 25.4 Å². The number of nitrogens with two attached hydrogens (primary N) is 1. The average molecular weight is 271 g/mol. The second kappa shape index (κ2) is 5.97. The lowest BCUT2D eigenvalue weighted by molar-refractivity contribution is -0.0302. The van der Waals surface area contributed by atoms with Crippen molar-refractivity contribution in [1.82, 2.24) is 0 Å². The minimum atomic E-state index is -0.912. The molecule has 6 heteroatoms. The molecule has 0 aliphatic carbocycles. The zero-order valence-electron chi connectivity index (χ0n) is 10.3. The van der Waals surface area contributed by atoms with Gasteiger partial charge in [0.1, 0.15) is 18.2 Å². The standard InChI is InChI=1S/C13H15F2NO3/c14-10-6-12(16)11(15)5-9(10)13(17)19-7-8-3-1-2-4-18-8/h5-6,8H,1-4,7,16H2. The number of nitrogen functional groups attached to an aromatic ring is 1. The lowest BCUT2D eigenvalue weighted by Gasteiger charge is -2.22. The third-order valence-electron chi connectivity index (χ3n) is 2.98. The van der Waals surface area contributed by atoms with E-state index in [-0.39, 0.29) is 18.4 Å². The van der Waals surface area contributed by atoms with Crippen LogP contribution in [0.15, 0.2) is 12.1 Å². The van der Waals surface area contributed by atoms with Crippen LogP contribution < -0.4 is 5.73 Å². The van der Waals surface area contributed by atoms with Crippen LogP contribution in [0.2, 0.25) is 0 Å². The third-order valence-corrected chi connectivity index (χ3v) is 2.98. The number of carbonyl (C=O) groups excluding carboxylic acids is 1. The summed E-state index contributed by atoms with van der Waals surface area (Å²) >= 11 is 0. The molecule has 1 saturated heterocycles. The van der Waals surface area contributed by atoms with Crippen molar-refractivity contribution in [3.05, 3.63) is 29.3 Å². The van der Waals surface area contributed by atoms with Crippen molar-refractivity contribution < 1.29 is 23.0 Å². The minimum Gasteiger partial charge on any atom is -0.459 e. The van der Waals surface area contributed by atoms with Crippen molar-refractivity contribution in [2.24, 2.45) is 0 Å².